The van der Waals surface area contributed by atoms with Gasteiger partial charge in [-0.1, -0.05) is 0 Å². The molecule has 0 aromatic rings. The number of rotatable bonds is 0. The first-order chi connectivity index (χ1) is 3.79. The third-order valence-electron chi connectivity index (χ3n) is 0.771. The highest BCUT2D eigenvalue weighted by molar-refractivity contribution is 6.29. The third-order valence-corrected chi connectivity index (χ3v) is 0.771. The van der Waals surface area contributed by atoms with Gasteiger partial charge in [0.25, 0.3) is 11.4 Å². The standard InChI is InChI=1S/C6H6N2/c1-5-3-7-4-6(2)8-5/h1-2H3/q+1. The molecule has 0 amide bonds. The molecule has 0 spiro atoms. The van der Waals surface area contributed by atoms with E-state index in [1.165, 1.54) is 0 Å². The number of nitrogens with zero attached hydrogens (tertiary/aromatic N) is 2. The number of aliphatic imine (C=N–C) groups is 2. The van der Waals surface area contributed by atoms with Crippen molar-refractivity contribution in [2.45, 2.75) is 13.8 Å². The summed E-state index contributed by atoms with van der Waals surface area (Å²) < 4.78 is 0. The van der Waals surface area contributed by atoms with Crippen LogP contribution in [0.4, 0.5) is 0 Å². The highest BCUT2D eigenvalue weighted by Gasteiger charge is 2.08. The molecular weight excluding hydrogens is 100 g/mol. The minimum Gasteiger partial charge on any atom is -0.230 e. The third kappa shape index (κ3) is 1.03. The Morgan fingerprint density at radius 1 is 1.50 bits per heavy atom. The molecule has 1 rings (SSSR count). The van der Waals surface area contributed by atoms with E-state index >= 15 is 0 Å². The monoisotopic (exact) mass is 106 g/mol. The minimum absolute atomic E-state index is 0.821. The van der Waals surface area contributed by atoms with Gasteiger partial charge in [-0.15, -0.1) is 0 Å². The van der Waals surface area contributed by atoms with Gasteiger partial charge in [0.2, 0.25) is 0 Å². The molecule has 0 aliphatic carbocycles. The molecule has 0 aromatic carbocycles. The van der Waals surface area contributed by atoms with E-state index in [0.717, 1.165) is 11.4 Å². The zero-order chi connectivity index (χ0) is 5.98. The Labute approximate surface area is 48.7 Å². The Balaban J connectivity index is 2.89. The molecular formula is C6H6N2+. The molecule has 0 fully saturated rings. The van der Waals surface area contributed by atoms with Gasteiger partial charge in [-0.25, -0.2) is 4.99 Å². The highest BCUT2D eigenvalue weighted by atomic mass is 14.8. The molecule has 1 aliphatic rings. The summed E-state index contributed by atoms with van der Waals surface area (Å²) >= 11 is 0. The van der Waals surface area contributed by atoms with Gasteiger partial charge in [0.05, 0.1) is 4.99 Å². The fraction of sp³-hybridized carbons (Fsp3) is 0.333. The van der Waals surface area contributed by atoms with Crippen LogP contribution in [0.15, 0.2) is 10.7 Å². The summed E-state index contributed by atoms with van der Waals surface area (Å²) in [6.07, 6.45) is 5.31. The quantitative estimate of drug-likeness (QED) is 0.427. The zero-order valence-electron chi connectivity index (χ0n) is 4.89. The van der Waals surface area contributed by atoms with Crippen LogP contribution >= 0.6 is 0 Å². The van der Waals surface area contributed by atoms with E-state index in [4.69, 9.17) is 0 Å². The number of allylic oxidation sites excluding steroid dienone is 1. The van der Waals surface area contributed by atoms with Crippen LogP contribution in [0.25, 0.3) is 0 Å². The fourth-order valence-electron chi connectivity index (χ4n) is 0.491. The van der Waals surface area contributed by atoms with Crippen LogP contribution in [0.1, 0.15) is 13.8 Å². The lowest BCUT2D eigenvalue weighted by molar-refractivity contribution is 1.13. The molecule has 0 saturated carbocycles. The van der Waals surface area contributed by atoms with Crippen LogP contribution in [0.2, 0.25) is 0 Å². The molecule has 39 valence electrons. The first-order valence-corrected chi connectivity index (χ1v) is 2.39. The van der Waals surface area contributed by atoms with E-state index in [2.05, 4.69) is 22.4 Å². The molecule has 1 aliphatic heterocycles. The maximum Gasteiger partial charge on any atom is 0.279 e. The number of hydrogen-bond donors (Lipinski definition) is 0. The molecule has 3 radical (unpaired) electrons. The summed E-state index contributed by atoms with van der Waals surface area (Å²) in [4.78, 5) is 7.67. The van der Waals surface area contributed by atoms with E-state index in [0.29, 0.717) is 0 Å². The molecule has 0 bridgehead atoms. The summed E-state index contributed by atoms with van der Waals surface area (Å²) in [7, 11) is 0. The predicted octanol–water partition coefficient (Wildman–Crippen LogP) is 0.409. The van der Waals surface area contributed by atoms with Gasteiger partial charge < -0.3 is 0 Å². The molecule has 0 atom stereocenters. The SMILES string of the molecule is CC1=[C]N=[C]C(C)=[N+]1. The lowest BCUT2D eigenvalue weighted by Crippen LogP contribution is -2.06. The summed E-state index contributed by atoms with van der Waals surface area (Å²) in [5, 5.41) is 0. The highest BCUT2D eigenvalue weighted by Crippen LogP contribution is 1.88. The normalized spacial score (nSPS) is 17.8. The minimum atomic E-state index is 0.821. The predicted molar refractivity (Wildman–Crippen MR) is 32.7 cm³/mol. The zero-order valence-corrected chi connectivity index (χ0v) is 4.89. The molecule has 0 aromatic heterocycles. The van der Waals surface area contributed by atoms with Crippen molar-refractivity contribution in [3.8, 4) is 0 Å². The smallest absolute Gasteiger partial charge is 0.230 e. The van der Waals surface area contributed by atoms with Crippen molar-refractivity contribution in [2.75, 3.05) is 0 Å². The van der Waals surface area contributed by atoms with Crippen molar-refractivity contribution < 1.29 is 0 Å². The second-order valence-electron chi connectivity index (χ2n) is 1.62. The Bertz CT molecular complexity index is 172. The van der Waals surface area contributed by atoms with Crippen LogP contribution in [0.3, 0.4) is 0 Å². The van der Waals surface area contributed by atoms with Crippen LogP contribution in [0.5, 0.6) is 0 Å². The molecule has 0 N–H and O–H groups in total. The Morgan fingerprint density at radius 3 is 2.62 bits per heavy atom. The van der Waals surface area contributed by atoms with E-state index in [1.54, 1.807) is 0 Å². The average Bonchev–Trinajstić information content (AvgIpc) is 1.64. The molecule has 0 unspecified atom stereocenters. The Kier molecular flexibility index (Phi) is 1.24. The van der Waals surface area contributed by atoms with Crippen molar-refractivity contribution in [3.63, 3.8) is 0 Å². The van der Waals surface area contributed by atoms with Crippen molar-refractivity contribution in [1.82, 2.24) is 4.99 Å². The fourth-order valence-corrected chi connectivity index (χ4v) is 0.491. The van der Waals surface area contributed by atoms with Crippen LogP contribution in [-0.4, -0.2) is 11.9 Å². The second kappa shape index (κ2) is 1.90. The van der Waals surface area contributed by atoms with Gasteiger partial charge in [-0.05, 0) is 0 Å². The maximum absolute atomic E-state index is 4.00. The van der Waals surface area contributed by atoms with Crippen molar-refractivity contribution >= 4 is 11.9 Å². The van der Waals surface area contributed by atoms with Crippen LogP contribution < -0.4 is 4.99 Å². The molecule has 2 nitrogen and oxygen atoms in total. The van der Waals surface area contributed by atoms with E-state index in [-0.39, 0.29) is 0 Å². The summed E-state index contributed by atoms with van der Waals surface area (Å²) in [6, 6.07) is 0. The summed E-state index contributed by atoms with van der Waals surface area (Å²) in [5.74, 6) is 0. The molecule has 1 heterocycles. The summed E-state index contributed by atoms with van der Waals surface area (Å²) in [6.45, 7) is 3.71. The van der Waals surface area contributed by atoms with Gasteiger partial charge in [-0.3, -0.25) is 0 Å². The van der Waals surface area contributed by atoms with Gasteiger partial charge >= 0.3 is 0 Å². The van der Waals surface area contributed by atoms with Crippen molar-refractivity contribution in [1.29, 1.82) is 0 Å². The van der Waals surface area contributed by atoms with Gasteiger partial charge in [0.1, 0.15) is 0 Å². The number of hydrogen-bond acceptors (Lipinski definition) is 2. The first-order valence-electron chi connectivity index (χ1n) is 2.39. The largest absolute Gasteiger partial charge is 0.279 e. The maximum atomic E-state index is 4.00. The average molecular weight is 106 g/mol. The lowest BCUT2D eigenvalue weighted by Gasteiger charge is -1.78. The lowest BCUT2D eigenvalue weighted by atomic mass is 10.4. The van der Waals surface area contributed by atoms with E-state index < -0.39 is 0 Å². The molecule has 8 heavy (non-hydrogen) atoms. The van der Waals surface area contributed by atoms with E-state index in [9.17, 15) is 0 Å². The molecule has 2 heteroatoms. The second-order valence-corrected chi connectivity index (χ2v) is 1.62. The van der Waals surface area contributed by atoms with Crippen LogP contribution in [0, 0.1) is 6.20 Å². The Hall–Kier alpha value is -0.920. The van der Waals surface area contributed by atoms with Gasteiger partial charge in [0.15, 0.2) is 12.4 Å². The van der Waals surface area contributed by atoms with Crippen LogP contribution in [-0.2, 0) is 0 Å². The van der Waals surface area contributed by atoms with Crippen molar-refractivity contribution in [2.24, 2.45) is 4.99 Å². The van der Waals surface area contributed by atoms with E-state index in [1.807, 2.05) is 13.8 Å². The van der Waals surface area contributed by atoms with Gasteiger partial charge in [-0.2, -0.15) is 0 Å². The first kappa shape index (κ1) is 5.22. The van der Waals surface area contributed by atoms with Crippen molar-refractivity contribution in [3.05, 3.63) is 11.9 Å². The Morgan fingerprint density at radius 2 is 2.25 bits per heavy atom. The van der Waals surface area contributed by atoms with Gasteiger partial charge in [0, 0.05) is 13.8 Å². The summed E-state index contributed by atoms with van der Waals surface area (Å²) in [5.41, 5.74) is 1.64. The topological polar surface area (TPSA) is 26.5 Å². The molecule has 0 saturated heterocycles.